The summed E-state index contributed by atoms with van der Waals surface area (Å²) in [6.07, 6.45) is 0. The molecule has 104 valence electrons. The van der Waals surface area contributed by atoms with Crippen LogP contribution in [0.3, 0.4) is 0 Å². The monoisotopic (exact) mass is 281 g/mol. The van der Waals surface area contributed by atoms with Crippen LogP contribution >= 0.6 is 0 Å². The zero-order valence-corrected chi connectivity index (χ0v) is 12.0. The van der Waals surface area contributed by atoms with E-state index in [4.69, 9.17) is 5.14 Å². The Bertz CT molecular complexity index is 650. The second-order valence-corrected chi connectivity index (χ2v) is 6.43. The van der Waals surface area contributed by atoms with Crippen molar-refractivity contribution in [1.82, 2.24) is 9.88 Å². The van der Waals surface area contributed by atoms with Crippen molar-refractivity contribution in [2.45, 2.75) is 13.5 Å². The number of nitrogens with zero attached hydrogens (tertiary/aromatic N) is 1. The molecule has 0 saturated heterocycles. The predicted octanol–water partition coefficient (Wildman–Crippen LogP) is 0.865. The van der Waals surface area contributed by atoms with E-state index in [-0.39, 0.29) is 5.75 Å². The van der Waals surface area contributed by atoms with Gasteiger partial charge in [0.25, 0.3) is 0 Å². The highest BCUT2D eigenvalue weighted by molar-refractivity contribution is 7.89. The van der Waals surface area contributed by atoms with Gasteiger partial charge < -0.3 is 9.88 Å². The van der Waals surface area contributed by atoms with Crippen LogP contribution in [0.4, 0.5) is 0 Å². The zero-order valence-electron chi connectivity index (χ0n) is 11.2. The lowest BCUT2D eigenvalue weighted by atomic mass is 10.1. The Kier molecular flexibility index (Phi) is 3.93. The van der Waals surface area contributed by atoms with Crippen LogP contribution in [-0.4, -0.2) is 25.3 Å². The summed E-state index contributed by atoms with van der Waals surface area (Å²) < 4.78 is 23.8. The molecule has 0 atom stereocenters. The van der Waals surface area contributed by atoms with Gasteiger partial charge >= 0.3 is 0 Å². The molecule has 0 fully saturated rings. The predicted molar refractivity (Wildman–Crippen MR) is 77.3 cm³/mol. The number of nitrogens with one attached hydrogen (secondary N) is 1. The number of hydrogen-bond donors (Lipinski definition) is 2. The summed E-state index contributed by atoms with van der Waals surface area (Å²) in [5.74, 6) is -0.0456. The van der Waals surface area contributed by atoms with Crippen LogP contribution in [0.5, 0.6) is 0 Å². The zero-order chi connectivity index (χ0) is 14.0. The quantitative estimate of drug-likeness (QED) is 0.798. The van der Waals surface area contributed by atoms with E-state index in [1.165, 1.54) is 16.5 Å². The lowest BCUT2D eigenvalue weighted by molar-refractivity contribution is 0.591. The molecule has 0 unspecified atom stereocenters. The van der Waals surface area contributed by atoms with Crippen LogP contribution in [0.15, 0.2) is 24.3 Å². The van der Waals surface area contributed by atoms with E-state index in [1.54, 1.807) is 0 Å². The van der Waals surface area contributed by atoms with Crippen LogP contribution < -0.4 is 10.5 Å². The van der Waals surface area contributed by atoms with Crippen molar-refractivity contribution in [3.8, 4) is 0 Å². The number of nitrogens with two attached hydrogens (primary N) is 1. The van der Waals surface area contributed by atoms with Gasteiger partial charge in [0.15, 0.2) is 0 Å². The Balaban J connectivity index is 2.13. The molecule has 1 aromatic carbocycles. The summed E-state index contributed by atoms with van der Waals surface area (Å²) in [5.41, 5.74) is 3.57. The number of aryl methyl sites for hydroxylation is 2. The fourth-order valence-electron chi connectivity index (χ4n) is 2.31. The molecule has 3 N–H and O–H groups in total. The van der Waals surface area contributed by atoms with Gasteiger partial charge in [0.1, 0.15) is 0 Å². The highest BCUT2D eigenvalue weighted by Crippen LogP contribution is 2.23. The van der Waals surface area contributed by atoms with Gasteiger partial charge in [-0.2, -0.15) is 0 Å². The van der Waals surface area contributed by atoms with Crippen LogP contribution in [0.25, 0.3) is 10.9 Å². The highest BCUT2D eigenvalue weighted by Gasteiger charge is 2.10. The number of primary sulfonamides is 1. The second-order valence-electron chi connectivity index (χ2n) is 4.69. The third-order valence-electron chi connectivity index (χ3n) is 3.36. The molecular formula is C13H19N3O2S. The molecule has 19 heavy (non-hydrogen) atoms. The van der Waals surface area contributed by atoms with E-state index >= 15 is 0 Å². The summed E-state index contributed by atoms with van der Waals surface area (Å²) >= 11 is 0. The average Bonchev–Trinajstić information content (AvgIpc) is 2.58. The van der Waals surface area contributed by atoms with Crippen LogP contribution in [0.2, 0.25) is 0 Å². The minimum atomic E-state index is -3.39. The van der Waals surface area contributed by atoms with Crippen molar-refractivity contribution in [2.24, 2.45) is 12.2 Å². The normalized spacial score (nSPS) is 12.2. The smallest absolute Gasteiger partial charge is 0.210 e. The number of benzene rings is 1. The fraction of sp³-hybridized carbons (Fsp3) is 0.385. The van der Waals surface area contributed by atoms with Crippen LogP contribution in [0.1, 0.15) is 11.3 Å². The third-order valence-corrected chi connectivity index (χ3v) is 4.14. The fourth-order valence-corrected chi connectivity index (χ4v) is 2.74. The molecule has 2 aromatic rings. The number of para-hydroxylation sites is 1. The Hall–Kier alpha value is -1.37. The van der Waals surface area contributed by atoms with Gasteiger partial charge in [0, 0.05) is 36.7 Å². The summed E-state index contributed by atoms with van der Waals surface area (Å²) in [6, 6.07) is 8.21. The van der Waals surface area contributed by atoms with E-state index in [1.807, 2.05) is 19.2 Å². The highest BCUT2D eigenvalue weighted by atomic mass is 32.2. The van der Waals surface area contributed by atoms with E-state index in [0.29, 0.717) is 13.1 Å². The van der Waals surface area contributed by atoms with Crippen LogP contribution in [0, 0.1) is 6.92 Å². The van der Waals surface area contributed by atoms with Gasteiger partial charge in [-0.3, -0.25) is 0 Å². The van der Waals surface area contributed by atoms with Crippen molar-refractivity contribution in [3.63, 3.8) is 0 Å². The van der Waals surface area contributed by atoms with Crippen molar-refractivity contribution in [1.29, 1.82) is 0 Å². The van der Waals surface area contributed by atoms with Crippen molar-refractivity contribution in [2.75, 3.05) is 12.3 Å². The Labute approximate surface area is 113 Å². The van der Waals surface area contributed by atoms with E-state index in [2.05, 4.69) is 28.9 Å². The largest absolute Gasteiger partial charge is 0.346 e. The summed E-state index contributed by atoms with van der Waals surface area (Å²) in [5, 5.41) is 9.31. The SMILES string of the molecule is Cc1c(CNCCS(N)(=O)=O)n(C)c2ccccc12. The van der Waals surface area contributed by atoms with E-state index in [9.17, 15) is 8.42 Å². The topological polar surface area (TPSA) is 77.1 Å². The van der Waals surface area contributed by atoms with E-state index < -0.39 is 10.0 Å². The molecule has 2 rings (SSSR count). The molecule has 0 aliphatic rings. The summed E-state index contributed by atoms with van der Waals surface area (Å²) in [4.78, 5) is 0. The third kappa shape index (κ3) is 3.15. The second kappa shape index (κ2) is 5.32. The van der Waals surface area contributed by atoms with Gasteiger partial charge in [-0.15, -0.1) is 0 Å². The average molecular weight is 281 g/mol. The molecule has 0 spiro atoms. The molecule has 0 saturated carbocycles. The maximum atomic E-state index is 10.8. The van der Waals surface area contributed by atoms with Crippen LogP contribution in [-0.2, 0) is 23.6 Å². The Morgan fingerprint density at radius 1 is 1.32 bits per heavy atom. The number of rotatable bonds is 5. The van der Waals surface area contributed by atoms with Gasteiger partial charge in [0.2, 0.25) is 10.0 Å². The van der Waals surface area contributed by atoms with Gasteiger partial charge in [-0.05, 0) is 18.6 Å². The van der Waals surface area contributed by atoms with Crippen molar-refractivity contribution >= 4 is 20.9 Å². The molecule has 0 amide bonds. The lowest BCUT2D eigenvalue weighted by Gasteiger charge is -2.07. The van der Waals surface area contributed by atoms with Crippen molar-refractivity contribution < 1.29 is 8.42 Å². The molecular weight excluding hydrogens is 262 g/mol. The Morgan fingerprint density at radius 2 is 2.00 bits per heavy atom. The summed E-state index contributed by atoms with van der Waals surface area (Å²) in [6.45, 7) is 3.07. The maximum Gasteiger partial charge on any atom is 0.210 e. The lowest BCUT2D eigenvalue weighted by Crippen LogP contribution is -2.27. The molecule has 6 heteroatoms. The molecule has 0 radical (unpaired) electrons. The number of hydrogen-bond acceptors (Lipinski definition) is 3. The Morgan fingerprint density at radius 3 is 2.63 bits per heavy atom. The molecule has 1 aromatic heterocycles. The molecule has 5 nitrogen and oxygen atoms in total. The molecule has 1 heterocycles. The maximum absolute atomic E-state index is 10.8. The van der Waals surface area contributed by atoms with Gasteiger partial charge in [-0.25, -0.2) is 13.6 Å². The first-order valence-electron chi connectivity index (χ1n) is 6.14. The summed E-state index contributed by atoms with van der Waals surface area (Å²) in [7, 11) is -1.37. The van der Waals surface area contributed by atoms with Gasteiger partial charge in [0.05, 0.1) is 5.75 Å². The molecule has 0 bridgehead atoms. The number of aromatic nitrogens is 1. The standard InChI is InChI=1S/C13H19N3O2S/c1-10-11-5-3-4-6-12(11)16(2)13(10)9-15-7-8-19(14,17)18/h3-6,15H,7-9H2,1-2H3,(H2,14,17,18). The minimum absolute atomic E-state index is 0.0456. The number of fused-ring (bicyclic) bond motifs is 1. The molecule has 0 aliphatic heterocycles. The first kappa shape index (κ1) is 14.0. The molecule has 0 aliphatic carbocycles. The number of sulfonamides is 1. The first-order valence-corrected chi connectivity index (χ1v) is 7.86. The first-order chi connectivity index (χ1) is 8.90. The minimum Gasteiger partial charge on any atom is -0.346 e. The van der Waals surface area contributed by atoms with E-state index in [0.717, 1.165) is 5.69 Å². The van der Waals surface area contributed by atoms with Crippen molar-refractivity contribution in [3.05, 3.63) is 35.5 Å². The van der Waals surface area contributed by atoms with Gasteiger partial charge in [-0.1, -0.05) is 18.2 Å².